The lowest BCUT2D eigenvalue weighted by molar-refractivity contribution is 0.101. The molecule has 1 saturated carbocycles. The number of nitrogens with one attached hydrogen (secondary N) is 1. The topological polar surface area (TPSA) is 37.8 Å². The average molecular weight is 493 g/mol. The molecule has 2 aromatic heterocycles. The third-order valence-corrected chi connectivity index (χ3v) is 8.19. The van der Waals surface area contributed by atoms with Gasteiger partial charge in [0.05, 0.1) is 5.69 Å². The summed E-state index contributed by atoms with van der Waals surface area (Å²) >= 11 is 0. The number of carbonyl (C=O) groups is 1. The summed E-state index contributed by atoms with van der Waals surface area (Å²) in [4.78, 5) is 16.0. The number of nitrogens with zero attached hydrogens (tertiary/aromatic N) is 1. The molecule has 37 heavy (non-hydrogen) atoms. The number of aromatic nitrogens is 2. The van der Waals surface area contributed by atoms with Crippen molar-refractivity contribution < 1.29 is 4.79 Å². The highest BCUT2D eigenvalue weighted by Gasteiger charge is 2.27. The number of fused-ring (bicyclic) bond motifs is 2. The van der Waals surface area contributed by atoms with E-state index in [1.807, 2.05) is 13.0 Å². The van der Waals surface area contributed by atoms with Gasteiger partial charge in [0.25, 0.3) is 0 Å². The summed E-state index contributed by atoms with van der Waals surface area (Å²) in [6, 6.07) is 13.2. The van der Waals surface area contributed by atoms with Gasteiger partial charge >= 0.3 is 0 Å². The molecule has 1 fully saturated rings. The minimum absolute atomic E-state index is 0.127. The van der Waals surface area contributed by atoms with Gasteiger partial charge in [-0.1, -0.05) is 62.6 Å². The lowest BCUT2D eigenvalue weighted by Gasteiger charge is -2.24. The van der Waals surface area contributed by atoms with E-state index < -0.39 is 0 Å². The molecule has 2 heterocycles. The summed E-state index contributed by atoms with van der Waals surface area (Å²) in [6.45, 7) is 15.4. The molecular formula is C34H40N2O. The highest BCUT2D eigenvalue weighted by molar-refractivity contribution is 6.02. The van der Waals surface area contributed by atoms with Crippen LogP contribution in [-0.2, 0) is 6.54 Å². The number of aryl methyl sites for hydroxylation is 2. The van der Waals surface area contributed by atoms with Crippen LogP contribution in [0.2, 0.25) is 0 Å². The van der Waals surface area contributed by atoms with Gasteiger partial charge in [0.15, 0.2) is 5.78 Å². The smallest absolute Gasteiger partial charge is 0.159 e. The highest BCUT2D eigenvalue weighted by Crippen LogP contribution is 2.46. The molecule has 0 amide bonds. The second-order valence-electron chi connectivity index (χ2n) is 11.1. The van der Waals surface area contributed by atoms with Crippen LogP contribution in [0, 0.1) is 6.92 Å². The fourth-order valence-electron chi connectivity index (χ4n) is 6.41. The van der Waals surface area contributed by atoms with Crippen LogP contribution in [0.1, 0.15) is 99.3 Å². The SMILES string of the molecule is C=C(C)/C=C(\C)c1cc2c(C)c(-c3c(C4CCCCC4)c4ccc(C(C)=O)cc4n3CCC)ccc2[nH]1. The standard InChI is InChI=1S/C34H40N2O/c1-7-17-36-32-19-26(24(6)37)13-14-28(32)33(25-11-9-8-10-12-25)34(36)27-15-16-30-29(23(27)5)20-31(35-30)22(4)18-21(2)3/h13-16,18-20,25,35H,2,7-12,17H2,1,3-6H3/b22-18+. The van der Waals surface area contributed by atoms with Crippen molar-refractivity contribution in [3.63, 3.8) is 0 Å². The van der Waals surface area contributed by atoms with Crippen molar-refractivity contribution in [2.75, 3.05) is 0 Å². The quantitative estimate of drug-likeness (QED) is 0.202. The number of H-pyrrole nitrogens is 1. The maximum atomic E-state index is 12.3. The molecule has 3 heteroatoms. The number of benzene rings is 2. The van der Waals surface area contributed by atoms with E-state index in [-0.39, 0.29) is 5.78 Å². The van der Waals surface area contributed by atoms with Gasteiger partial charge in [-0.25, -0.2) is 0 Å². The van der Waals surface area contributed by atoms with Crippen molar-refractivity contribution >= 4 is 33.2 Å². The van der Waals surface area contributed by atoms with Crippen LogP contribution in [0.5, 0.6) is 0 Å². The zero-order valence-electron chi connectivity index (χ0n) is 23.1. The van der Waals surface area contributed by atoms with E-state index in [0.717, 1.165) is 29.8 Å². The van der Waals surface area contributed by atoms with Crippen molar-refractivity contribution in [3.05, 3.63) is 77.0 Å². The summed E-state index contributed by atoms with van der Waals surface area (Å²) in [6.07, 6.45) is 9.59. The van der Waals surface area contributed by atoms with Gasteiger partial charge < -0.3 is 9.55 Å². The van der Waals surface area contributed by atoms with E-state index in [9.17, 15) is 4.79 Å². The molecule has 0 atom stereocenters. The monoisotopic (exact) mass is 492 g/mol. The number of hydrogen-bond donors (Lipinski definition) is 1. The molecule has 1 aliphatic carbocycles. The van der Waals surface area contributed by atoms with Crippen LogP contribution in [0.3, 0.4) is 0 Å². The number of Topliss-reactive ketones (excluding diaryl/α,β-unsaturated/α-hetero) is 1. The van der Waals surface area contributed by atoms with Crippen LogP contribution in [0.4, 0.5) is 0 Å². The van der Waals surface area contributed by atoms with E-state index in [1.54, 1.807) is 6.92 Å². The molecule has 0 unspecified atom stereocenters. The van der Waals surface area contributed by atoms with Crippen molar-refractivity contribution in [1.82, 2.24) is 9.55 Å². The van der Waals surface area contributed by atoms with Crippen molar-refractivity contribution in [2.45, 2.75) is 85.6 Å². The first kappa shape index (κ1) is 25.3. The molecule has 0 aliphatic heterocycles. The minimum Gasteiger partial charge on any atom is -0.355 e. The molecule has 0 spiro atoms. The summed E-state index contributed by atoms with van der Waals surface area (Å²) in [7, 11) is 0. The highest BCUT2D eigenvalue weighted by atomic mass is 16.1. The predicted molar refractivity (Wildman–Crippen MR) is 159 cm³/mol. The number of allylic oxidation sites excluding steroid dienone is 3. The van der Waals surface area contributed by atoms with E-state index in [0.29, 0.717) is 5.92 Å². The summed E-state index contributed by atoms with van der Waals surface area (Å²) in [5.41, 5.74) is 12.1. The summed E-state index contributed by atoms with van der Waals surface area (Å²) in [5.74, 6) is 0.688. The molecule has 4 aromatic rings. The van der Waals surface area contributed by atoms with Gasteiger partial charge in [0.2, 0.25) is 0 Å². The fraction of sp³-hybridized carbons (Fsp3) is 0.382. The Balaban J connectivity index is 1.79. The zero-order valence-corrected chi connectivity index (χ0v) is 23.1. The summed E-state index contributed by atoms with van der Waals surface area (Å²) < 4.78 is 2.51. The van der Waals surface area contributed by atoms with Gasteiger partial charge in [0.1, 0.15) is 0 Å². The Morgan fingerprint density at radius 3 is 2.49 bits per heavy atom. The first-order valence-electron chi connectivity index (χ1n) is 13.9. The van der Waals surface area contributed by atoms with E-state index >= 15 is 0 Å². The number of ketones is 1. The maximum absolute atomic E-state index is 12.3. The number of rotatable bonds is 7. The van der Waals surface area contributed by atoms with Crippen LogP contribution in [0.25, 0.3) is 38.6 Å². The van der Waals surface area contributed by atoms with E-state index in [4.69, 9.17) is 0 Å². The summed E-state index contributed by atoms with van der Waals surface area (Å²) in [5, 5.41) is 2.60. The lowest BCUT2D eigenvalue weighted by Crippen LogP contribution is -2.08. The largest absolute Gasteiger partial charge is 0.355 e. The van der Waals surface area contributed by atoms with Crippen LogP contribution in [-0.4, -0.2) is 15.3 Å². The van der Waals surface area contributed by atoms with Gasteiger partial charge in [-0.3, -0.25) is 4.79 Å². The third kappa shape index (κ3) is 4.61. The average Bonchev–Trinajstić information content (AvgIpc) is 3.45. The molecule has 0 saturated heterocycles. The van der Waals surface area contributed by atoms with Crippen molar-refractivity contribution in [3.8, 4) is 11.3 Å². The maximum Gasteiger partial charge on any atom is 0.159 e. The Bertz CT molecular complexity index is 1540. The van der Waals surface area contributed by atoms with Gasteiger partial charge in [-0.05, 0) is 87.8 Å². The Kier molecular flexibility index (Phi) is 6.98. The Morgan fingerprint density at radius 1 is 1.05 bits per heavy atom. The van der Waals surface area contributed by atoms with Crippen molar-refractivity contribution in [1.29, 1.82) is 0 Å². The molecule has 0 bridgehead atoms. The molecular weight excluding hydrogens is 452 g/mol. The molecule has 5 rings (SSSR count). The third-order valence-electron chi connectivity index (χ3n) is 8.19. The predicted octanol–water partition coefficient (Wildman–Crippen LogP) is 9.74. The normalized spacial score (nSPS) is 15.1. The Labute approximate surface area is 221 Å². The Morgan fingerprint density at radius 2 is 1.81 bits per heavy atom. The number of hydrogen-bond acceptors (Lipinski definition) is 1. The zero-order chi connectivity index (χ0) is 26.3. The Hall–Kier alpha value is -3.33. The molecule has 2 aromatic carbocycles. The number of aromatic amines is 1. The number of carbonyl (C=O) groups excluding carboxylic acids is 1. The molecule has 1 aliphatic rings. The van der Waals surface area contributed by atoms with E-state index in [1.165, 1.54) is 81.9 Å². The van der Waals surface area contributed by atoms with E-state index in [2.05, 4.69) is 73.3 Å². The van der Waals surface area contributed by atoms with Gasteiger partial charge in [0, 0.05) is 45.2 Å². The second kappa shape index (κ2) is 10.2. The molecule has 192 valence electrons. The van der Waals surface area contributed by atoms with Crippen LogP contribution < -0.4 is 0 Å². The fourth-order valence-corrected chi connectivity index (χ4v) is 6.41. The second-order valence-corrected chi connectivity index (χ2v) is 11.1. The minimum atomic E-state index is 0.127. The molecule has 1 N–H and O–H groups in total. The first-order chi connectivity index (χ1) is 17.8. The first-order valence-corrected chi connectivity index (χ1v) is 13.9. The lowest BCUT2D eigenvalue weighted by atomic mass is 9.81. The van der Waals surface area contributed by atoms with Crippen molar-refractivity contribution in [2.24, 2.45) is 0 Å². The molecule has 0 radical (unpaired) electrons. The van der Waals surface area contributed by atoms with Gasteiger partial charge in [-0.15, -0.1) is 0 Å². The van der Waals surface area contributed by atoms with Crippen LogP contribution in [0.15, 0.2) is 54.6 Å². The van der Waals surface area contributed by atoms with Crippen LogP contribution >= 0.6 is 0 Å². The van der Waals surface area contributed by atoms with Gasteiger partial charge in [-0.2, -0.15) is 0 Å². The molecule has 3 nitrogen and oxygen atoms in total.